The van der Waals surface area contributed by atoms with Crippen LogP contribution in [-0.2, 0) is 19.6 Å². The minimum atomic E-state index is -3.71. The second kappa shape index (κ2) is 10.1. The van der Waals surface area contributed by atoms with Gasteiger partial charge in [-0.2, -0.15) is 0 Å². The van der Waals surface area contributed by atoms with E-state index < -0.39 is 28.0 Å². The Labute approximate surface area is 186 Å². The monoisotopic (exact) mass is 454 g/mol. The van der Waals surface area contributed by atoms with Crippen molar-refractivity contribution in [2.75, 3.05) is 12.4 Å². The molecule has 3 rings (SSSR count). The highest BCUT2D eigenvalue weighted by Crippen LogP contribution is 2.23. The smallest absolute Gasteiger partial charge is 0.338 e. The van der Waals surface area contributed by atoms with Crippen LogP contribution in [0.4, 0.5) is 5.69 Å². The molecule has 1 amide bonds. The average molecular weight is 455 g/mol. The second-order valence-electron chi connectivity index (χ2n) is 6.71. The topological polar surface area (TPSA) is 111 Å². The van der Waals surface area contributed by atoms with E-state index in [9.17, 15) is 18.0 Å². The van der Waals surface area contributed by atoms with E-state index in [1.54, 1.807) is 24.3 Å². The summed E-state index contributed by atoms with van der Waals surface area (Å²) in [7, 11) is -2.44. The molecule has 0 aliphatic heterocycles. The van der Waals surface area contributed by atoms with Gasteiger partial charge in [0.25, 0.3) is 5.91 Å². The van der Waals surface area contributed by atoms with Crippen LogP contribution in [0.3, 0.4) is 0 Å². The van der Waals surface area contributed by atoms with Crippen LogP contribution in [-0.4, -0.2) is 33.4 Å². The van der Waals surface area contributed by atoms with Crippen molar-refractivity contribution in [2.24, 2.45) is 0 Å². The summed E-state index contributed by atoms with van der Waals surface area (Å²) >= 11 is 0. The van der Waals surface area contributed by atoms with Gasteiger partial charge in [-0.1, -0.05) is 24.3 Å². The van der Waals surface area contributed by atoms with E-state index >= 15 is 0 Å². The number of amides is 1. The number of sulfonamides is 1. The quantitative estimate of drug-likeness (QED) is 0.504. The molecule has 2 N–H and O–H groups in total. The molecule has 0 heterocycles. The molecule has 0 aliphatic rings. The summed E-state index contributed by atoms with van der Waals surface area (Å²) in [5.74, 6) is -0.0528. The van der Waals surface area contributed by atoms with Crippen molar-refractivity contribution >= 4 is 27.6 Å². The van der Waals surface area contributed by atoms with E-state index in [0.29, 0.717) is 17.2 Å². The van der Waals surface area contributed by atoms with Gasteiger partial charge in [-0.05, 0) is 68.6 Å². The van der Waals surface area contributed by atoms with Crippen molar-refractivity contribution in [1.82, 2.24) is 4.72 Å². The van der Waals surface area contributed by atoms with Crippen LogP contribution < -0.4 is 14.8 Å². The number of carbonyl (C=O) groups excluding carboxylic acids is 2. The maximum atomic E-state index is 12.4. The zero-order valence-electron chi connectivity index (χ0n) is 17.4. The Morgan fingerprint density at radius 2 is 1.53 bits per heavy atom. The molecule has 32 heavy (non-hydrogen) atoms. The van der Waals surface area contributed by atoms with Crippen LogP contribution in [0.5, 0.6) is 11.5 Å². The molecule has 0 spiro atoms. The maximum absolute atomic E-state index is 12.4. The molecular formula is C23H22N2O6S. The largest absolute Gasteiger partial charge is 0.457 e. The Balaban J connectivity index is 1.59. The Morgan fingerprint density at radius 3 is 2.19 bits per heavy atom. The third-order valence-electron chi connectivity index (χ3n) is 4.40. The first kappa shape index (κ1) is 23.0. The van der Waals surface area contributed by atoms with Gasteiger partial charge in [0.2, 0.25) is 10.0 Å². The van der Waals surface area contributed by atoms with Crippen LogP contribution in [0.1, 0.15) is 17.3 Å². The standard InChI is InChI=1S/C23H22N2O6S/c1-16(30-23(27)17-7-6-10-21(15-17)32(28,29)24-2)22(26)25-18-11-13-20(14-12-18)31-19-8-4-3-5-9-19/h3-16,24H,1-2H3,(H,25,26). The number of esters is 1. The molecule has 1 unspecified atom stereocenters. The van der Waals surface area contributed by atoms with Crippen LogP contribution in [0.25, 0.3) is 0 Å². The summed E-state index contributed by atoms with van der Waals surface area (Å²) in [6.07, 6.45) is -1.10. The molecule has 0 fully saturated rings. The van der Waals surface area contributed by atoms with E-state index in [1.807, 2.05) is 30.3 Å². The first-order chi connectivity index (χ1) is 15.3. The summed E-state index contributed by atoms with van der Waals surface area (Å²) in [5.41, 5.74) is 0.517. The number of hydrogen-bond acceptors (Lipinski definition) is 6. The zero-order chi connectivity index (χ0) is 23.1. The first-order valence-electron chi connectivity index (χ1n) is 9.67. The molecule has 9 heteroatoms. The fourth-order valence-electron chi connectivity index (χ4n) is 2.67. The minimum Gasteiger partial charge on any atom is -0.457 e. The second-order valence-corrected chi connectivity index (χ2v) is 8.60. The number of carbonyl (C=O) groups is 2. The number of para-hydroxylation sites is 1. The molecule has 3 aromatic carbocycles. The zero-order valence-corrected chi connectivity index (χ0v) is 18.3. The molecule has 0 saturated carbocycles. The number of rotatable bonds is 8. The van der Waals surface area contributed by atoms with Crippen molar-refractivity contribution in [3.05, 3.63) is 84.4 Å². The van der Waals surface area contributed by atoms with Gasteiger partial charge in [0.1, 0.15) is 11.5 Å². The normalized spacial score (nSPS) is 11.9. The lowest BCUT2D eigenvalue weighted by atomic mass is 10.2. The first-order valence-corrected chi connectivity index (χ1v) is 11.2. The van der Waals surface area contributed by atoms with Crippen molar-refractivity contribution < 1.29 is 27.5 Å². The molecule has 1 atom stereocenters. The molecule has 0 saturated heterocycles. The van der Waals surface area contributed by atoms with E-state index in [4.69, 9.17) is 9.47 Å². The number of anilines is 1. The highest BCUT2D eigenvalue weighted by Gasteiger charge is 2.21. The van der Waals surface area contributed by atoms with Crippen molar-refractivity contribution in [3.8, 4) is 11.5 Å². The van der Waals surface area contributed by atoms with E-state index in [0.717, 1.165) is 0 Å². The third kappa shape index (κ3) is 5.93. The van der Waals surface area contributed by atoms with Crippen LogP contribution in [0.15, 0.2) is 83.8 Å². The van der Waals surface area contributed by atoms with Crippen molar-refractivity contribution in [2.45, 2.75) is 17.9 Å². The van der Waals surface area contributed by atoms with Crippen molar-refractivity contribution in [1.29, 1.82) is 0 Å². The number of ether oxygens (including phenoxy) is 2. The molecule has 0 aromatic heterocycles. The van der Waals surface area contributed by atoms with E-state index in [2.05, 4.69) is 10.0 Å². The van der Waals surface area contributed by atoms with Gasteiger partial charge in [-0.3, -0.25) is 4.79 Å². The van der Waals surface area contributed by atoms with Gasteiger partial charge >= 0.3 is 5.97 Å². The summed E-state index contributed by atoms with van der Waals surface area (Å²) in [5, 5.41) is 2.66. The van der Waals surface area contributed by atoms with E-state index in [-0.39, 0.29) is 10.5 Å². The third-order valence-corrected chi connectivity index (χ3v) is 5.81. The fourth-order valence-corrected chi connectivity index (χ4v) is 3.44. The summed E-state index contributed by atoms with van der Waals surface area (Å²) in [6, 6.07) is 21.4. The predicted molar refractivity (Wildman–Crippen MR) is 119 cm³/mol. The van der Waals surface area contributed by atoms with Gasteiger partial charge in [0.05, 0.1) is 10.5 Å². The SMILES string of the molecule is CNS(=O)(=O)c1cccc(C(=O)OC(C)C(=O)Nc2ccc(Oc3ccccc3)cc2)c1. The summed E-state index contributed by atoms with van der Waals surface area (Å²) in [6.45, 7) is 1.42. The molecule has 0 bridgehead atoms. The van der Waals surface area contributed by atoms with Gasteiger partial charge in [0.15, 0.2) is 6.10 Å². The number of hydrogen-bond donors (Lipinski definition) is 2. The summed E-state index contributed by atoms with van der Waals surface area (Å²) < 4.78 is 36.9. The fraction of sp³-hybridized carbons (Fsp3) is 0.130. The van der Waals surface area contributed by atoms with Gasteiger partial charge in [0, 0.05) is 5.69 Å². The average Bonchev–Trinajstić information content (AvgIpc) is 2.81. The van der Waals surface area contributed by atoms with Crippen LogP contribution >= 0.6 is 0 Å². The molecule has 0 aliphatic carbocycles. The Bertz CT molecular complexity index is 1190. The minimum absolute atomic E-state index is 0.0170. The van der Waals surface area contributed by atoms with Crippen molar-refractivity contribution in [3.63, 3.8) is 0 Å². The molecular weight excluding hydrogens is 432 g/mol. The highest BCUT2D eigenvalue weighted by atomic mass is 32.2. The molecule has 166 valence electrons. The van der Waals surface area contributed by atoms with Gasteiger partial charge < -0.3 is 14.8 Å². The number of nitrogens with one attached hydrogen (secondary N) is 2. The van der Waals surface area contributed by atoms with Gasteiger partial charge in [-0.15, -0.1) is 0 Å². The van der Waals surface area contributed by atoms with Crippen LogP contribution in [0, 0.1) is 0 Å². The predicted octanol–water partition coefficient (Wildman–Crippen LogP) is 3.57. The highest BCUT2D eigenvalue weighted by molar-refractivity contribution is 7.89. The van der Waals surface area contributed by atoms with Gasteiger partial charge in [-0.25, -0.2) is 17.9 Å². The Hall–Kier alpha value is -3.69. The lowest BCUT2D eigenvalue weighted by Gasteiger charge is -2.14. The maximum Gasteiger partial charge on any atom is 0.338 e. The number of benzene rings is 3. The van der Waals surface area contributed by atoms with Crippen LogP contribution in [0.2, 0.25) is 0 Å². The Morgan fingerprint density at radius 1 is 0.875 bits per heavy atom. The molecule has 0 radical (unpaired) electrons. The molecule has 3 aromatic rings. The molecule has 8 nitrogen and oxygen atoms in total. The van der Waals surface area contributed by atoms with E-state index in [1.165, 1.54) is 38.2 Å². The Kier molecular flexibility index (Phi) is 7.24. The lowest BCUT2D eigenvalue weighted by Crippen LogP contribution is -2.30. The lowest BCUT2D eigenvalue weighted by molar-refractivity contribution is -0.123. The summed E-state index contributed by atoms with van der Waals surface area (Å²) in [4.78, 5) is 24.7.